The van der Waals surface area contributed by atoms with Gasteiger partial charge in [0.25, 0.3) is 17.6 Å². The average Bonchev–Trinajstić information content (AvgIpc) is 3.28. The summed E-state index contributed by atoms with van der Waals surface area (Å²) in [5.74, 6) is -1.39. The van der Waals surface area contributed by atoms with Gasteiger partial charge in [-0.05, 0) is 19.1 Å². The lowest BCUT2D eigenvalue weighted by Gasteiger charge is -2.32. The van der Waals surface area contributed by atoms with Gasteiger partial charge in [0.2, 0.25) is 0 Å². The van der Waals surface area contributed by atoms with Crippen LogP contribution in [0.1, 0.15) is 33.3 Å². The quantitative estimate of drug-likeness (QED) is 0.503. The van der Waals surface area contributed by atoms with Crippen LogP contribution in [0, 0.1) is 11.3 Å². The molecule has 32 heavy (non-hydrogen) atoms. The predicted molar refractivity (Wildman–Crippen MR) is 115 cm³/mol. The Balaban J connectivity index is 1.61. The van der Waals surface area contributed by atoms with Crippen molar-refractivity contribution in [3.63, 3.8) is 0 Å². The zero-order chi connectivity index (χ0) is 22.8. The molecule has 0 saturated carbocycles. The zero-order valence-corrected chi connectivity index (χ0v) is 17.5. The number of rotatable bonds is 4. The lowest BCUT2D eigenvalue weighted by Crippen LogP contribution is -2.45. The van der Waals surface area contributed by atoms with Crippen molar-refractivity contribution in [3.8, 4) is 11.8 Å². The molecule has 0 atom stereocenters. The largest absolute Gasteiger partial charge is 0.494 e. The van der Waals surface area contributed by atoms with E-state index in [4.69, 9.17) is 4.74 Å². The van der Waals surface area contributed by atoms with Crippen molar-refractivity contribution in [1.82, 2.24) is 19.8 Å². The van der Waals surface area contributed by atoms with Crippen LogP contribution in [0.15, 0.2) is 54.6 Å². The van der Waals surface area contributed by atoms with Gasteiger partial charge in [-0.25, -0.2) is 4.98 Å². The number of pyridine rings is 1. The summed E-state index contributed by atoms with van der Waals surface area (Å²) in [7, 11) is 1.42. The first-order chi connectivity index (χ1) is 15.5. The molecule has 0 unspecified atom stereocenters. The summed E-state index contributed by atoms with van der Waals surface area (Å²) >= 11 is 0. The maximum Gasteiger partial charge on any atom is 0.299 e. The van der Waals surface area contributed by atoms with Gasteiger partial charge in [0, 0.05) is 36.7 Å². The van der Waals surface area contributed by atoms with Crippen molar-refractivity contribution in [3.05, 3.63) is 71.4 Å². The number of ketones is 1. The number of benzene rings is 1. The highest BCUT2D eigenvalue weighted by molar-refractivity contribution is 6.45. The standard InChI is InChI=1S/C23H19N5O4/c1-14-13-27(8-9-28(14)22(30)15-6-4-3-5-7-15)23(31)21(29)16-11-26-20-17(10-24)25-12-18(32-2)19(16)20/h3-7,11-13,26H,8-9H2,1-2H3. The third kappa shape index (κ3) is 3.48. The summed E-state index contributed by atoms with van der Waals surface area (Å²) in [4.78, 5) is 48.5. The van der Waals surface area contributed by atoms with E-state index in [0.29, 0.717) is 22.2 Å². The van der Waals surface area contributed by atoms with E-state index in [2.05, 4.69) is 9.97 Å². The number of amides is 2. The summed E-state index contributed by atoms with van der Waals surface area (Å²) in [6.07, 6.45) is 4.22. The number of aromatic nitrogens is 2. The third-order valence-corrected chi connectivity index (χ3v) is 5.30. The number of nitrogens with zero attached hydrogens (tertiary/aromatic N) is 4. The maximum atomic E-state index is 13.1. The van der Waals surface area contributed by atoms with Crippen LogP contribution in [0.5, 0.6) is 5.75 Å². The van der Waals surface area contributed by atoms with Crippen LogP contribution >= 0.6 is 0 Å². The molecule has 1 aliphatic rings. The van der Waals surface area contributed by atoms with Crippen molar-refractivity contribution in [2.75, 3.05) is 20.2 Å². The molecule has 3 heterocycles. The zero-order valence-electron chi connectivity index (χ0n) is 17.5. The molecule has 0 aliphatic carbocycles. The number of H-pyrrole nitrogens is 1. The minimum absolute atomic E-state index is 0.0922. The number of allylic oxidation sites excluding steroid dienone is 1. The van der Waals surface area contributed by atoms with E-state index >= 15 is 0 Å². The smallest absolute Gasteiger partial charge is 0.299 e. The molecular weight excluding hydrogens is 410 g/mol. The Hall–Kier alpha value is -4.45. The number of carbonyl (C=O) groups excluding carboxylic acids is 3. The van der Waals surface area contributed by atoms with Gasteiger partial charge in [-0.3, -0.25) is 14.4 Å². The van der Waals surface area contributed by atoms with E-state index in [-0.39, 0.29) is 36.0 Å². The lowest BCUT2D eigenvalue weighted by molar-refractivity contribution is -0.124. The molecule has 2 amide bonds. The van der Waals surface area contributed by atoms with Gasteiger partial charge in [-0.15, -0.1) is 0 Å². The molecule has 2 aromatic heterocycles. The van der Waals surface area contributed by atoms with Gasteiger partial charge in [0.05, 0.1) is 29.8 Å². The number of methoxy groups -OCH3 is 1. The number of ether oxygens (including phenoxy) is 1. The van der Waals surface area contributed by atoms with Gasteiger partial charge in [0.1, 0.15) is 11.8 Å². The molecule has 1 aromatic carbocycles. The Labute approximate surface area is 183 Å². The molecule has 9 nitrogen and oxygen atoms in total. The van der Waals surface area contributed by atoms with E-state index in [1.165, 1.54) is 30.6 Å². The van der Waals surface area contributed by atoms with E-state index in [0.717, 1.165) is 0 Å². The highest BCUT2D eigenvalue weighted by Crippen LogP contribution is 2.30. The molecular formula is C23H19N5O4. The van der Waals surface area contributed by atoms with E-state index in [1.54, 1.807) is 36.1 Å². The second-order valence-corrected chi connectivity index (χ2v) is 7.16. The van der Waals surface area contributed by atoms with Crippen LogP contribution in [0.2, 0.25) is 0 Å². The topological polar surface area (TPSA) is 119 Å². The molecule has 1 N–H and O–H groups in total. The van der Waals surface area contributed by atoms with Gasteiger partial charge in [-0.1, -0.05) is 18.2 Å². The molecule has 0 spiro atoms. The Morgan fingerprint density at radius 1 is 1.19 bits per heavy atom. The first kappa shape index (κ1) is 20.8. The first-order valence-corrected chi connectivity index (χ1v) is 9.81. The number of fused-ring (bicyclic) bond motifs is 1. The van der Waals surface area contributed by atoms with Crippen LogP contribution in [-0.4, -0.2) is 57.6 Å². The number of hydrogen-bond acceptors (Lipinski definition) is 6. The Bertz CT molecular complexity index is 1300. The SMILES string of the molecule is COc1cnc(C#N)c2[nH]cc(C(=O)C(=O)N3C=C(C)N(C(=O)c4ccccc4)CC3)c12. The number of aromatic amines is 1. The molecule has 3 aromatic rings. The highest BCUT2D eigenvalue weighted by atomic mass is 16.5. The number of nitriles is 1. The van der Waals surface area contributed by atoms with Crippen molar-refractivity contribution in [2.24, 2.45) is 0 Å². The van der Waals surface area contributed by atoms with E-state index in [1.807, 2.05) is 12.1 Å². The van der Waals surface area contributed by atoms with Gasteiger partial charge >= 0.3 is 0 Å². The lowest BCUT2D eigenvalue weighted by atomic mass is 10.1. The van der Waals surface area contributed by atoms with Crippen molar-refractivity contribution < 1.29 is 19.1 Å². The Morgan fingerprint density at radius 2 is 1.94 bits per heavy atom. The molecule has 4 rings (SSSR count). The van der Waals surface area contributed by atoms with Crippen molar-refractivity contribution >= 4 is 28.5 Å². The fraction of sp³-hybridized carbons (Fsp3) is 0.174. The molecule has 0 fully saturated rings. The third-order valence-electron chi connectivity index (χ3n) is 5.30. The minimum atomic E-state index is -0.753. The molecule has 0 radical (unpaired) electrons. The van der Waals surface area contributed by atoms with Gasteiger partial charge < -0.3 is 19.5 Å². The molecule has 1 aliphatic heterocycles. The second kappa shape index (κ2) is 8.35. The monoisotopic (exact) mass is 429 g/mol. The maximum absolute atomic E-state index is 13.1. The fourth-order valence-corrected chi connectivity index (χ4v) is 3.68. The van der Waals surface area contributed by atoms with Crippen molar-refractivity contribution in [2.45, 2.75) is 6.92 Å². The summed E-state index contributed by atoms with van der Waals surface area (Å²) in [5, 5.41) is 9.60. The minimum Gasteiger partial charge on any atom is -0.494 e. The predicted octanol–water partition coefficient (Wildman–Crippen LogP) is 2.47. The summed E-state index contributed by atoms with van der Waals surface area (Å²) in [6.45, 7) is 2.14. The Morgan fingerprint density at radius 3 is 2.59 bits per heavy atom. The number of hydrogen-bond donors (Lipinski definition) is 1. The average molecular weight is 429 g/mol. The summed E-state index contributed by atoms with van der Waals surface area (Å²) in [5.41, 5.74) is 1.61. The highest BCUT2D eigenvalue weighted by Gasteiger charge is 2.30. The summed E-state index contributed by atoms with van der Waals surface area (Å²) in [6, 6.07) is 10.8. The fourth-order valence-electron chi connectivity index (χ4n) is 3.68. The summed E-state index contributed by atoms with van der Waals surface area (Å²) < 4.78 is 5.28. The number of nitrogens with one attached hydrogen (secondary N) is 1. The first-order valence-electron chi connectivity index (χ1n) is 9.81. The van der Waals surface area contributed by atoms with Crippen LogP contribution in [0.4, 0.5) is 0 Å². The Kier molecular flexibility index (Phi) is 5.43. The molecule has 0 bridgehead atoms. The number of Topliss-reactive ketones (excluding diaryl/α,β-unsaturated/α-hetero) is 1. The molecule has 160 valence electrons. The van der Waals surface area contributed by atoms with Gasteiger partial charge in [-0.2, -0.15) is 5.26 Å². The van der Waals surface area contributed by atoms with Crippen LogP contribution in [-0.2, 0) is 4.79 Å². The van der Waals surface area contributed by atoms with Crippen LogP contribution in [0.3, 0.4) is 0 Å². The van der Waals surface area contributed by atoms with Gasteiger partial charge in [0.15, 0.2) is 5.69 Å². The second-order valence-electron chi connectivity index (χ2n) is 7.16. The van der Waals surface area contributed by atoms with Crippen molar-refractivity contribution in [1.29, 1.82) is 5.26 Å². The normalized spacial score (nSPS) is 13.5. The van der Waals surface area contributed by atoms with E-state index in [9.17, 15) is 19.6 Å². The van der Waals surface area contributed by atoms with E-state index < -0.39 is 11.7 Å². The number of carbonyl (C=O) groups is 3. The van der Waals surface area contributed by atoms with Crippen LogP contribution < -0.4 is 4.74 Å². The molecule has 9 heteroatoms. The van der Waals surface area contributed by atoms with Crippen LogP contribution in [0.25, 0.3) is 10.9 Å². The molecule has 0 saturated heterocycles.